The van der Waals surface area contributed by atoms with E-state index in [0.717, 1.165) is 6.42 Å². The Kier molecular flexibility index (Phi) is 6.26. The Balaban J connectivity index is 2.11. The van der Waals surface area contributed by atoms with Gasteiger partial charge in [-0.25, -0.2) is 0 Å². The Morgan fingerprint density at radius 1 is 1.34 bits per heavy atom. The molecule has 0 radical (unpaired) electrons. The van der Waals surface area contributed by atoms with E-state index in [-0.39, 0.29) is 54.1 Å². The molecule has 8 heteroatoms. The predicted molar refractivity (Wildman–Crippen MR) is 111 cm³/mol. The van der Waals surface area contributed by atoms with Gasteiger partial charge < -0.3 is 20.1 Å². The molecule has 164 valence electrons. The zero-order valence-corrected chi connectivity index (χ0v) is 19.0. The zero-order valence-electron chi connectivity index (χ0n) is 18.2. The van der Waals surface area contributed by atoms with E-state index in [1.165, 1.54) is 0 Å². The Labute approximate surface area is 177 Å². The fourth-order valence-electron chi connectivity index (χ4n) is 5.61. The molecule has 7 nitrogen and oxygen atoms in total. The van der Waals surface area contributed by atoms with Crippen molar-refractivity contribution in [2.45, 2.75) is 76.1 Å². The molecular formula is C21H34N2O5S. The summed E-state index contributed by atoms with van der Waals surface area (Å²) in [6.07, 6.45) is 0.780. The van der Waals surface area contributed by atoms with E-state index in [4.69, 9.17) is 4.74 Å². The number of nitrogens with one attached hydrogen (secondary N) is 1. The van der Waals surface area contributed by atoms with Crippen LogP contribution in [-0.4, -0.2) is 69.1 Å². The predicted octanol–water partition coefficient (Wildman–Crippen LogP) is 1.43. The average molecular weight is 427 g/mol. The van der Waals surface area contributed by atoms with Crippen LogP contribution < -0.4 is 5.32 Å². The van der Waals surface area contributed by atoms with Crippen molar-refractivity contribution in [1.29, 1.82) is 0 Å². The van der Waals surface area contributed by atoms with E-state index in [1.54, 1.807) is 23.6 Å². The molecule has 3 saturated heterocycles. The number of carbonyl (C=O) groups is 3. The molecule has 0 aromatic carbocycles. The number of esters is 1. The first-order valence-corrected chi connectivity index (χ1v) is 11.6. The van der Waals surface area contributed by atoms with Crippen LogP contribution in [0.25, 0.3) is 0 Å². The molecule has 1 spiro atoms. The molecule has 2 amide bonds. The van der Waals surface area contributed by atoms with Gasteiger partial charge in [-0.3, -0.25) is 14.4 Å². The first-order chi connectivity index (χ1) is 13.6. The molecule has 29 heavy (non-hydrogen) atoms. The normalized spacial score (nSPS) is 36.7. The average Bonchev–Trinajstić information content (AvgIpc) is 3.19. The number of likely N-dealkylation sites (tertiary alicyclic amines) is 1. The summed E-state index contributed by atoms with van der Waals surface area (Å²) in [5.41, 5.74) is 0. The number of hydrogen-bond donors (Lipinski definition) is 2. The van der Waals surface area contributed by atoms with Gasteiger partial charge in [-0.1, -0.05) is 20.8 Å². The highest BCUT2D eigenvalue weighted by atomic mass is 32.2. The summed E-state index contributed by atoms with van der Waals surface area (Å²) in [6, 6.07) is -1.24. The number of rotatable bonds is 7. The molecule has 3 rings (SSSR count). The maximum Gasteiger partial charge on any atom is 0.310 e. The van der Waals surface area contributed by atoms with Gasteiger partial charge in [0.05, 0.1) is 35.8 Å². The number of ether oxygens (including phenoxy) is 1. The number of nitrogens with zero attached hydrogens (tertiary/aromatic N) is 1. The van der Waals surface area contributed by atoms with E-state index in [9.17, 15) is 19.5 Å². The van der Waals surface area contributed by atoms with Crippen molar-refractivity contribution in [2.75, 3.05) is 13.2 Å². The number of fused-ring (bicyclic) bond motifs is 1. The summed E-state index contributed by atoms with van der Waals surface area (Å²) in [6.45, 7) is 11.6. The Bertz CT molecular complexity index is 684. The third kappa shape index (κ3) is 3.26. The molecule has 7 atom stereocenters. The van der Waals surface area contributed by atoms with Crippen molar-refractivity contribution >= 4 is 29.5 Å². The maximum absolute atomic E-state index is 13.8. The summed E-state index contributed by atoms with van der Waals surface area (Å²) in [4.78, 5) is 41.6. The lowest BCUT2D eigenvalue weighted by molar-refractivity contribution is -0.154. The van der Waals surface area contributed by atoms with Gasteiger partial charge in [-0.2, -0.15) is 0 Å². The van der Waals surface area contributed by atoms with Crippen molar-refractivity contribution < 1.29 is 24.2 Å². The number of aliphatic hydroxyl groups is 1. The fourth-order valence-corrected chi connectivity index (χ4v) is 8.00. The van der Waals surface area contributed by atoms with Gasteiger partial charge in [0.15, 0.2) is 0 Å². The zero-order chi connectivity index (χ0) is 21.7. The highest BCUT2D eigenvalue weighted by Crippen LogP contribution is 2.69. The summed E-state index contributed by atoms with van der Waals surface area (Å²) in [5.74, 6) is -1.76. The third-order valence-electron chi connectivity index (χ3n) is 6.74. The van der Waals surface area contributed by atoms with Crippen LogP contribution in [0.5, 0.6) is 0 Å². The second-order valence-electron chi connectivity index (χ2n) is 9.21. The van der Waals surface area contributed by atoms with E-state index in [2.05, 4.69) is 12.2 Å². The van der Waals surface area contributed by atoms with Crippen LogP contribution >= 0.6 is 11.8 Å². The lowest BCUT2D eigenvalue weighted by atomic mass is 9.66. The first-order valence-electron chi connectivity index (χ1n) is 10.7. The van der Waals surface area contributed by atoms with Crippen molar-refractivity contribution in [3.8, 4) is 0 Å². The van der Waals surface area contributed by atoms with Gasteiger partial charge in [0, 0.05) is 11.3 Å². The Morgan fingerprint density at radius 3 is 2.52 bits per heavy atom. The minimum Gasteiger partial charge on any atom is -0.466 e. The highest BCUT2D eigenvalue weighted by molar-refractivity contribution is 8.02. The van der Waals surface area contributed by atoms with E-state index < -0.39 is 28.7 Å². The molecule has 0 aliphatic carbocycles. The lowest BCUT2D eigenvalue weighted by Crippen LogP contribution is -2.60. The quantitative estimate of drug-likeness (QED) is 0.598. The molecule has 2 bridgehead atoms. The smallest absolute Gasteiger partial charge is 0.310 e. The molecule has 2 N–H and O–H groups in total. The first kappa shape index (κ1) is 22.4. The summed E-state index contributed by atoms with van der Waals surface area (Å²) in [7, 11) is 0. The third-order valence-corrected chi connectivity index (χ3v) is 8.81. The topological polar surface area (TPSA) is 95.9 Å². The van der Waals surface area contributed by atoms with Crippen molar-refractivity contribution in [3.63, 3.8) is 0 Å². The number of hydrogen-bond acceptors (Lipinski definition) is 6. The molecule has 3 heterocycles. The standard InChI is InChI=1S/C21H34N2O5S/c1-7-28-20(27)15-14-8-12(6)21(29-14)16(15)19(26)23(13(9-24)10(2)3)17(21)18(25)22-11(4)5/h10-17,24H,7-9H2,1-6H3,(H,22,25)/t12?,13-,14-,15+,16-,17?,21?/m0/s1. The molecule has 3 unspecified atom stereocenters. The van der Waals surface area contributed by atoms with Gasteiger partial charge >= 0.3 is 5.97 Å². The van der Waals surface area contributed by atoms with Crippen LogP contribution in [0.2, 0.25) is 0 Å². The Hall–Kier alpha value is -1.28. The van der Waals surface area contributed by atoms with Crippen molar-refractivity contribution in [3.05, 3.63) is 0 Å². The van der Waals surface area contributed by atoms with E-state index in [1.807, 2.05) is 27.7 Å². The van der Waals surface area contributed by atoms with Crippen LogP contribution in [0.15, 0.2) is 0 Å². The largest absolute Gasteiger partial charge is 0.466 e. The van der Waals surface area contributed by atoms with Gasteiger partial charge in [-0.15, -0.1) is 11.8 Å². The molecule has 3 fully saturated rings. The molecular weight excluding hydrogens is 392 g/mol. The van der Waals surface area contributed by atoms with Gasteiger partial charge in [0.1, 0.15) is 6.04 Å². The van der Waals surface area contributed by atoms with Crippen LogP contribution in [0, 0.1) is 23.7 Å². The summed E-state index contributed by atoms with van der Waals surface area (Å²) < 4.78 is 4.66. The lowest BCUT2D eigenvalue weighted by Gasteiger charge is -2.41. The molecule has 0 aromatic heterocycles. The molecule has 0 saturated carbocycles. The van der Waals surface area contributed by atoms with Crippen molar-refractivity contribution in [2.24, 2.45) is 23.7 Å². The second kappa shape index (κ2) is 8.10. The molecule has 3 aliphatic rings. The number of aliphatic hydroxyl groups excluding tert-OH is 1. The Morgan fingerprint density at radius 2 is 2.00 bits per heavy atom. The monoisotopic (exact) mass is 426 g/mol. The number of carbonyl (C=O) groups excluding carboxylic acids is 3. The highest BCUT2D eigenvalue weighted by Gasteiger charge is 2.76. The summed E-state index contributed by atoms with van der Waals surface area (Å²) in [5, 5.41) is 13.1. The van der Waals surface area contributed by atoms with E-state index in [0.29, 0.717) is 0 Å². The van der Waals surface area contributed by atoms with Gasteiger partial charge in [-0.05, 0) is 39.0 Å². The number of amides is 2. The maximum atomic E-state index is 13.8. The van der Waals surface area contributed by atoms with E-state index >= 15 is 0 Å². The van der Waals surface area contributed by atoms with Crippen LogP contribution in [0.1, 0.15) is 48.0 Å². The SMILES string of the molecule is CCOC(=O)[C@@H]1[C@@H]2CC(C)C3(S2)C(C(=O)NC(C)C)N([C@@H](CO)C(C)C)C(=O)[C@H]13. The van der Waals surface area contributed by atoms with Crippen LogP contribution in [0.4, 0.5) is 0 Å². The number of thioether (sulfide) groups is 1. The minimum absolute atomic E-state index is 0.0128. The minimum atomic E-state index is -0.702. The molecule has 3 aliphatic heterocycles. The van der Waals surface area contributed by atoms with Crippen LogP contribution in [-0.2, 0) is 19.1 Å². The van der Waals surface area contributed by atoms with Crippen LogP contribution in [0.3, 0.4) is 0 Å². The van der Waals surface area contributed by atoms with Gasteiger partial charge in [0.25, 0.3) is 0 Å². The second-order valence-corrected chi connectivity index (χ2v) is 10.8. The van der Waals surface area contributed by atoms with Gasteiger partial charge in [0.2, 0.25) is 11.8 Å². The summed E-state index contributed by atoms with van der Waals surface area (Å²) >= 11 is 1.62. The van der Waals surface area contributed by atoms with Crippen molar-refractivity contribution in [1.82, 2.24) is 10.2 Å². The fraction of sp³-hybridized carbons (Fsp3) is 0.857. The molecule has 0 aromatic rings.